The summed E-state index contributed by atoms with van der Waals surface area (Å²) in [6.45, 7) is 1.62. The molecule has 0 spiro atoms. The molecule has 4 nitrogen and oxygen atoms in total. The first kappa shape index (κ1) is 15.8. The van der Waals surface area contributed by atoms with Crippen LogP contribution in [0.1, 0.15) is 28.8 Å². The second-order valence-electron chi connectivity index (χ2n) is 6.65. The van der Waals surface area contributed by atoms with Gasteiger partial charge >= 0.3 is 0 Å². The number of aromatic nitrogens is 2. The molecule has 0 saturated carbocycles. The van der Waals surface area contributed by atoms with Crippen molar-refractivity contribution in [3.8, 4) is 0 Å². The van der Waals surface area contributed by atoms with E-state index in [1.807, 2.05) is 23.1 Å². The maximum Gasteiger partial charge on any atom is 0.256 e. The Morgan fingerprint density at radius 2 is 1.72 bits per heavy atom. The average molecular weight is 331 g/mol. The Hall–Kier alpha value is -2.75. The van der Waals surface area contributed by atoms with Gasteiger partial charge in [0, 0.05) is 25.5 Å². The largest absolute Gasteiger partial charge is 0.339 e. The molecule has 0 atom stereocenters. The van der Waals surface area contributed by atoms with Gasteiger partial charge in [-0.3, -0.25) is 14.8 Å². The summed E-state index contributed by atoms with van der Waals surface area (Å²) in [6, 6.07) is 16.2. The number of fused-ring (bicyclic) bond motifs is 1. The van der Waals surface area contributed by atoms with Crippen molar-refractivity contribution in [3.05, 3.63) is 72.1 Å². The molecule has 2 heterocycles. The van der Waals surface area contributed by atoms with Gasteiger partial charge in [0.2, 0.25) is 0 Å². The molecule has 0 aliphatic carbocycles. The zero-order valence-corrected chi connectivity index (χ0v) is 14.1. The number of rotatable bonds is 3. The fourth-order valence-electron chi connectivity index (χ4n) is 3.62. The normalized spacial score (nSPS) is 15.4. The van der Waals surface area contributed by atoms with Crippen molar-refractivity contribution in [2.45, 2.75) is 19.3 Å². The summed E-state index contributed by atoms with van der Waals surface area (Å²) in [5, 5.41) is 0. The quantitative estimate of drug-likeness (QED) is 0.735. The van der Waals surface area contributed by atoms with Gasteiger partial charge in [-0.05, 0) is 42.9 Å². The topological polar surface area (TPSA) is 46.1 Å². The first-order valence-electron chi connectivity index (χ1n) is 8.84. The molecule has 1 fully saturated rings. The van der Waals surface area contributed by atoms with E-state index in [1.54, 1.807) is 12.4 Å². The van der Waals surface area contributed by atoms with Crippen LogP contribution in [0.2, 0.25) is 0 Å². The Balaban J connectivity index is 1.44. The lowest BCUT2D eigenvalue weighted by molar-refractivity contribution is 0.0692. The van der Waals surface area contributed by atoms with Crippen molar-refractivity contribution in [2.75, 3.05) is 13.1 Å². The molecule has 4 rings (SSSR count). The van der Waals surface area contributed by atoms with E-state index in [9.17, 15) is 4.79 Å². The summed E-state index contributed by atoms with van der Waals surface area (Å²) in [6.07, 6.45) is 6.51. The molecular formula is C21H21N3O. The molecule has 126 valence electrons. The van der Waals surface area contributed by atoms with Crippen molar-refractivity contribution in [1.29, 1.82) is 0 Å². The summed E-state index contributed by atoms with van der Waals surface area (Å²) in [4.78, 5) is 23.6. The Labute approximate surface area is 147 Å². The second kappa shape index (κ2) is 7.01. The molecule has 1 aliphatic rings. The van der Waals surface area contributed by atoms with E-state index in [0.29, 0.717) is 17.0 Å². The molecule has 0 N–H and O–H groups in total. The summed E-state index contributed by atoms with van der Waals surface area (Å²) < 4.78 is 0. The predicted octanol–water partition coefficient (Wildman–Crippen LogP) is 3.72. The highest BCUT2D eigenvalue weighted by Gasteiger charge is 2.25. The number of nitrogens with zero attached hydrogens (tertiary/aromatic N) is 3. The first-order valence-corrected chi connectivity index (χ1v) is 8.84. The van der Waals surface area contributed by atoms with Gasteiger partial charge in [-0.1, -0.05) is 36.4 Å². The van der Waals surface area contributed by atoms with E-state index in [1.165, 1.54) is 5.56 Å². The summed E-state index contributed by atoms with van der Waals surface area (Å²) in [5.41, 5.74) is 3.51. The van der Waals surface area contributed by atoms with Gasteiger partial charge < -0.3 is 4.90 Å². The maximum atomic E-state index is 12.9. The maximum absolute atomic E-state index is 12.9. The van der Waals surface area contributed by atoms with Crippen molar-refractivity contribution >= 4 is 16.9 Å². The van der Waals surface area contributed by atoms with E-state index < -0.39 is 0 Å². The number of hydrogen-bond acceptors (Lipinski definition) is 3. The number of benzene rings is 2. The Morgan fingerprint density at radius 3 is 2.52 bits per heavy atom. The van der Waals surface area contributed by atoms with Crippen LogP contribution in [0.25, 0.3) is 11.0 Å². The first-order chi connectivity index (χ1) is 12.3. The molecule has 1 aromatic heterocycles. The van der Waals surface area contributed by atoms with Crippen LogP contribution in [0.4, 0.5) is 0 Å². The van der Waals surface area contributed by atoms with Gasteiger partial charge in [0.05, 0.1) is 11.1 Å². The van der Waals surface area contributed by atoms with Crippen LogP contribution in [0.3, 0.4) is 0 Å². The van der Waals surface area contributed by atoms with Crippen LogP contribution < -0.4 is 0 Å². The van der Waals surface area contributed by atoms with E-state index in [-0.39, 0.29) is 5.91 Å². The highest BCUT2D eigenvalue weighted by Crippen LogP contribution is 2.24. The minimum atomic E-state index is 0.0734. The zero-order valence-electron chi connectivity index (χ0n) is 14.1. The van der Waals surface area contributed by atoms with Gasteiger partial charge in [0.25, 0.3) is 5.91 Å². The molecule has 1 saturated heterocycles. The summed E-state index contributed by atoms with van der Waals surface area (Å²) >= 11 is 0. The Bertz CT molecular complexity index is 865. The van der Waals surface area contributed by atoms with Crippen molar-refractivity contribution in [2.24, 2.45) is 5.92 Å². The molecule has 0 unspecified atom stereocenters. The van der Waals surface area contributed by atoms with Gasteiger partial charge in [-0.15, -0.1) is 0 Å². The van der Waals surface area contributed by atoms with E-state index in [4.69, 9.17) is 0 Å². The molecule has 2 aromatic carbocycles. The second-order valence-corrected chi connectivity index (χ2v) is 6.65. The van der Waals surface area contributed by atoms with Gasteiger partial charge in [-0.25, -0.2) is 0 Å². The lowest BCUT2D eigenvalue weighted by Gasteiger charge is -2.32. The van der Waals surface area contributed by atoms with Gasteiger partial charge in [0.15, 0.2) is 0 Å². The van der Waals surface area contributed by atoms with Crippen LogP contribution in [-0.4, -0.2) is 33.9 Å². The number of hydrogen-bond donors (Lipinski definition) is 0. The highest BCUT2D eigenvalue weighted by atomic mass is 16.2. The van der Waals surface area contributed by atoms with Crippen molar-refractivity contribution < 1.29 is 4.79 Å². The zero-order chi connectivity index (χ0) is 17.1. The molecule has 25 heavy (non-hydrogen) atoms. The number of carbonyl (C=O) groups excluding carboxylic acids is 1. The third-order valence-corrected chi connectivity index (χ3v) is 5.00. The third kappa shape index (κ3) is 3.38. The molecule has 0 radical (unpaired) electrons. The minimum Gasteiger partial charge on any atom is -0.339 e. The van der Waals surface area contributed by atoms with Gasteiger partial charge in [0.1, 0.15) is 5.52 Å². The predicted molar refractivity (Wildman–Crippen MR) is 98.3 cm³/mol. The van der Waals surface area contributed by atoms with E-state index in [0.717, 1.165) is 37.9 Å². The SMILES string of the molecule is O=C(c1cccc2nccnc12)N1CCC(Cc2ccccc2)CC1. The fraction of sp³-hybridized carbons (Fsp3) is 0.286. The molecule has 1 aliphatic heterocycles. The minimum absolute atomic E-state index is 0.0734. The molecule has 4 heteroatoms. The van der Waals surface area contributed by atoms with Crippen LogP contribution in [0.5, 0.6) is 0 Å². The van der Waals surface area contributed by atoms with Crippen molar-refractivity contribution in [1.82, 2.24) is 14.9 Å². The van der Waals surface area contributed by atoms with E-state index >= 15 is 0 Å². The van der Waals surface area contributed by atoms with Crippen LogP contribution in [0, 0.1) is 5.92 Å². The molecule has 1 amide bonds. The smallest absolute Gasteiger partial charge is 0.256 e. The van der Waals surface area contributed by atoms with Crippen LogP contribution >= 0.6 is 0 Å². The Kier molecular flexibility index (Phi) is 4.42. The van der Waals surface area contributed by atoms with Crippen LogP contribution in [-0.2, 0) is 6.42 Å². The van der Waals surface area contributed by atoms with Crippen LogP contribution in [0.15, 0.2) is 60.9 Å². The summed E-state index contributed by atoms with van der Waals surface area (Å²) in [7, 11) is 0. The number of carbonyl (C=O) groups is 1. The standard InChI is InChI=1S/C21H21N3O/c25-21(18-7-4-8-19-20(18)23-12-11-22-19)24-13-9-17(10-14-24)15-16-5-2-1-3-6-16/h1-8,11-12,17H,9-10,13-15H2. The highest BCUT2D eigenvalue weighted by molar-refractivity contribution is 6.04. The lowest BCUT2D eigenvalue weighted by Crippen LogP contribution is -2.39. The molecule has 0 bridgehead atoms. The number of piperidine rings is 1. The number of amides is 1. The van der Waals surface area contributed by atoms with Gasteiger partial charge in [-0.2, -0.15) is 0 Å². The summed E-state index contributed by atoms with van der Waals surface area (Å²) in [5.74, 6) is 0.725. The molecular weight excluding hydrogens is 310 g/mol. The lowest BCUT2D eigenvalue weighted by atomic mass is 9.90. The van der Waals surface area contributed by atoms with Crippen molar-refractivity contribution in [3.63, 3.8) is 0 Å². The average Bonchev–Trinajstić information content (AvgIpc) is 2.68. The fourth-order valence-corrected chi connectivity index (χ4v) is 3.62. The van der Waals surface area contributed by atoms with E-state index in [2.05, 4.69) is 40.3 Å². The monoisotopic (exact) mass is 331 g/mol. The number of likely N-dealkylation sites (tertiary alicyclic amines) is 1. The number of para-hydroxylation sites is 1. The third-order valence-electron chi connectivity index (χ3n) is 5.00. The molecule has 3 aromatic rings. The Morgan fingerprint density at radius 1 is 0.960 bits per heavy atom.